The molecule has 3 aliphatic heterocycles. The van der Waals surface area contributed by atoms with E-state index < -0.39 is 23.1 Å². The van der Waals surface area contributed by atoms with Crippen LogP contribution in [0.15, 0.2) is 40.9 Å². The molecular formula is C21H25N2O4+. The summed E-state index contributed by atoms with van der Waals surface area (Å²) in [4.78, 5) is 19.6. The van der Waals surface area contributed by atoms with E-state index in [2.05, 4.69) is 6.07 Å². The number of aliphatic hydroxyl groups excluding tert-OH is 1. The molecule has 1 aromatic carbocycles. The molecule has 2 bridgehead atoms. The Kier molecular flexibility index (Phi) is 3.48. The summed E-state index contributed by atoms with van der Waals surface area (Å²) in [5.74, 6) is -0.899. The predicted octanol–water partition coefficient (Wildman–Crippen LogP) is 0.118. The first-order valence-electron chi connectivity index (χ1n) is 9.65. The fraction of sp³-hybridized carbons (Fsp3) is 0.524. The summed E-state index contributed by atoms with van der Waals surface area (Å²) in [6, 6.07) is 8.29. The summed E-state index contributed by atoms with van der Waals surface area (Å²) in [5, 5.41) is 21.3. The average molecular weight is 369 g/mol. The van der Waals surface area contributed by atoms with E-state index in [1.165, 1.54) is 12.0 Å². The number of hydrogen-bond acceptors (Lipinski definition) is 5. The molecule has 3 fully saturated rings. The Balaban J connectivity index is 1.85. The first-order valence-corrected chi connectivity index (χ1v) is 9.65. The van der Waals surface area contributed by atoms with Gasteiger partial charge in [-0.1, -0.05) is 24.3 Å². The maximum Gasteiger partial charge on any atom is 0.323 e. The molecule has 6 nitrogen and oxygen atoms in total. The highest BCUT2D eigenvalue weighted by atomic mass is 16.5. The van der Waals surface area contributed by atoms with Gasteiger partial charge in [-0.2, -0.15) is 0 Å². The fourth-order valence-electron chi connectivity index (χ4n) is 6.53. The molecule has 1 aromatic rings. The third kappa shape index (κ3) is 1.77. The van der Waals surface area contributed by atoms with Crippen molar-refractivity contribution in [2.75, 3.05) is 20.2 Å². The van der Waals surface area contributed by atoms with Gasteiger partial charge >= 0.3 is 5.97 Å². The number of para-hydroxylation sites is 1. The number of carbonyl (C=O) groups excluding carboxylic acids is 1. The number of aliphatic hydroxyl groups is 2. The molecule has 3 heterocycles. The third-order valence-corrected chi connectivity index (χ3v) is 7.56. The Hall–Kier alpha value is -2.02. The molecule has 1 spiro atoms. The first-order chi connectivity index (χ1) is 13.0. The number of allylic oxidation sites excluding steroid dienone is 1. The van der Waals surface area contributed by atoms with Crippen LogP contribution in [0, 0.1) is 11.3 Å². The zero-order chi connectivity index (χ0) is 19.0. The maximum atomic E-state index is 13.2. The van der Waals surface area contributed by atoms with Crippen molar-refractivity contribution in [3.05, 3.63) is 41.5 Å². The molecule has 0 radical (unpaired) electrons. The van der Waals surface area contributed by atoms with Crippen LogP contribution in [-0.4, -0.2) is 54.4 Å². The lowest BCUT2D eigenvalue weighted by Crippen LogP contribution is -3.16. The highest BCUT2D eigenvalue weighted by molar-refractivity contribution is 6.17. The number of piperidine rings is 1. The molecular weight excluding hydrogens is 344 g/mol. The second-order valence-electron chi connectivity index (χ2n) is 8.22. The standard InChI is InChI=1S/C21H24N2O4/c1-3-12-11-23-9-8-20-13-6-4-5-7-15(13)22-17(20)21(18(24)25,19(26)27-2)14(12)10-16(20)23/h3-7,14,16,18,24-25H,8-11H2,1-2H3/p+1/b12-3-/t14-,16-,20+,21-/m0/s1. The molecule has 1 unspecified atom stereocenters. The van der Waals surface area contributed by atoms with Crippen LogP contribution in [0.4, 0.5) is 5.69 Å². The third-order valence-electron chi connectivity index (χ3n) is 7.56. The largest absolute Gasteiger partial charge is 0.468 e. The van der Waals surface area contributed by atoms with Gasteiger partial charge in [0.05, 0.1) is 37.0 Å². The molecule has 0 amide bonds. The van der Waals surface area contributed by atoms with Crippen LogP contribution < -0.4 is 4.90 Å². The Morgan fingerprint density at radius 3 is 2.89 bits per heavy atom. The van der Waals surface area contributed by atoms with Gasteiger partial charge in [-0.25, -0.2) is 0 Å². The number of aliphatic imine (C=N–C) groups is 1. The predicted molar refractivity (Wildman–Crippen MR) is 98.9 cm³/mol. The smallest absolute Gasteiger partial charge is 0.323 e. The molecule has 0 aromatic heterocycles. The minimum atomic E-state index is -1.86. The molecule has 27 heavy (non-hydrogen) atoms. The minimum Gasteiger partial charge on any atom is -0.468 e. The van der Waals surface area contributed by atoms with E-state index in [1.807, 2.05) is 31.2 Å². The lowest BCUT2D eigenvalue weighted by Gasteiger charge is -2.54. The zero-order valence-electron chi connectivity index (χ0n) is 15.6. The number of ether oxygens (including phenoxy) is 1. The Morgan fingerprint density at radius 2 is 2.19 bits per heavy atom. The van der Waals surface area contributed by atoms with Crippen molar-refractivity contribution in [1.29, 1.82) is 0 Å². The van der Waals surface area contributed by atoms with Gasteiger partial charge in [-0.3, -0.25) is 9.79 Å². The van der Waals surface area contributed by atoms with Crippen LogP contribution in [0.25, 0.3) is 0 Å². The number of hydrogen-bond donors (Lipinski definition) is 3. The molecule has 5 rings (SSSR count). The SMILES string of the molecule is C/C=C1/C[NH+]2CC[C@@]34C(=Nc5ccccc53)[C@](C(=O)OC)(C(O)O)[C@H]1C[C@H]24. The number of esters is 1. The number of benzene rings is 1. The van der Waals surface area contributed by atoms with Gasteiger partial charge in [-0.05, 0) is 24.1 Å². The zero-order valence-corrected chi connectivity index (χ0v) is 15.6. The summed E-state index contributed by atoms with van der Waals surface area (Å²) in [7, 11) is 1.32. The summed E-state index contributed by atoms with van der Waals surface area (Å²) in [6.45, 7) is 3.78. The van der Waals surface area contributed by atoms with Gasteiger partial charge in [0.2, 0.25) is 0 Å². The average Bonchev–Trinajstić information content (AvgIpc) is 3.23. The molecule has 2 saturated heterocycles. The minimum absolute atomic E-state index is 0.296. The van der Waals surface area contributed by atoms with Gasteiger partial charge in [0, 0.05) is 18.8 Å². The van der Waals surface area contributed by atoms with E-state index in [-0.39, 0.29) is 5.92 Å². The van der Waals surface area contributed by atoms with Crippen LogP contribution in [0.2, 0.25) is 0 Å². The van der Waals surface area contributed by atoms with Crippen LogP contribution in [0.5, 0.6) is 0 Å². The molecule has 4 aliphatic rings. The molecule has 3 N–H and O–H groups in total. The van der Waals surface area contributed by atoms with Gasteiger partial charge in [-0.15, -0.1) is 0 Å². The number of nitrogens with zero attached hydrogens (tertiary/aromatic N) is 1. The highest BCUT2D eigenvalue weighted by Gasteiger charge is 2.75. The maximum absolute atomic E-state index is 13.2. The van der Waals surface area contributed by atoms with Crippen molar-refractivity contribution in [1.82, 2.24) is 0 Å². The lowest BCUT2D eigenvalue weighted by atomic mass is 9.50. The van der Waals surface area contributed by atoms with E-state index in [9.17, 15) is 15.0 Å². The number of quaternary nitrogens is 1. The van der Waals surface area contributed by atoms with Crippen LogP contribution in [-0.2, 0) is 14.9 Å². The van der Waals surface area contributed by atoms with Crippen molar-refractivity contribution >= 4 is 17.4 Å². The van der Waals surface area contributed by atoms with Crippen LogP contribution >= 0.6 is 0 Å². The van der Waals surface area contributed by atoms with Gasteiger partial charge in [0.25, 0.3) is 0 Å². The van der Waals surface area contributed by atoms with Crippen LogP contribution in [0.1, 0.15) is 25.3 Å². The number of fused-ring (bicyclic) bond motifs is 2. The topological polar surface area (TPSA) is 83.6 Å². The lowest BCUT2D eigenvalue weighted by molar-refractivity contribution is -0.915. The van der Waals surface area contributed by atoms with Gasteiger partial charge < -0.3 is 19.8 Å². The number of rotatable bonds is 2. The van der Waals surface area contributed by atoms with E-state index in [0.717, 1.165) is 42.8 Å². The van der Waals surface area contributed by atoms with Crippen molar-refractivity contribution < 1.29 is 24.6 Å². The number of carbonyl (C=O) groups is 1. The van der Waals surface area contributed by atoms with E-state index >= 15 is 0 Å². The molecule has 142 valence electrons. The van der Waals surface area contributed by atoms with Gasteiger partial charge in [0.15, 0.2) is 11.7 Å². The monoisotopic (exact) mass is 369 g/mol. The number of methoxy groups -OCH3 is 1. The number of nitrogens with one attached hydrogen (secondary N) is 1. The highest BCUT2D eigenvalue weighted by Crippen LogP contribution is 2.60. The van der Waals surface area contributed by atoms with Crippen molar-refractivity contribution in [3.8, 4) is 0 Å². The van der Waals surface area contributed by atoms with Gasteiger partial charge in [0.1, 0.15) is 6.04 Å². The van der Waals surface area contributed by atoms with Crippen LogP contribution in [0.3, 0.4) is 0 Å². The summed E-state index contributed by atoms with van der Waals surface area (Å²) >= 11 is 0. The Bertz CT molecular complexity index is 892. The quantitative estimate of drug-likeness (QED) is 0.393. The second kappa shape index (κ2) is 5.50. The summed E-state index contributed by atoms with van der Waals surface area (Å²) < 4.78 is 5.17. The first kappa shape index (κ1) is 17.1. The van der Waals surface area contributed by atoms with Crippen molar-refractivity contribution in [2.45, 2.75) is 37.5 Å². The Morgan fingerprint density at radius 1 is 1.41 bits per heavy atom. The van der Waals surface area contributed by atoms with E-state index in [4.69, 9.17) is 9.73 Å². The molecule has 1 saturated carbocycles. The molecule has 5 atom stereocenters. The summed E-state index contributed by atoms with van der Waals surface area (Å²) in [5.41, 5.74) is 1.69. The van der Waals surface area contributed by atoms with E-state index in [1.54, 1.807) is 0 Å². The van der Waals surface area contributed by atoms with Crippen molar-refractivity contribution in [3.63, 3.8) is 0 Å². The molecule has 1 aliphatic carbocycles. The van der Waals surface area contributed by atoms with E-state index in [0.29, 0.717) is 11.8 Å². The van der Waals surface area contributed by atoms with Crippen molar-refractivity contribution in [2.24, 2.45) is 16.3 Å². The summed E-state index contributed by atoms with van der Waals surface area (Å²) in [6.07, 6.45) is 1.76. The normalized spacial score (nSPS) is 40.0. The fourth-order valence-corrected chi connectivity index (χ4v) is 6.53. The molecule has 6 heteroatoms. The Labute approximate surface area is 158 Å². The second-order valence-corrected chi connectivity index (χ2v) is 8.22.